The van der Waals surface area contributed by atoms with Crippen LogP contribution in [0.25, 0.3) is 0 Å². The number of hydrogen-bond donors (Lipinski definition) is 3. The third-order valence-electron chi connectivity index (χ3n) is 5.70. The van der Waals surface area contributed by atoms with Crippen molar-refractivity contribution >= 4 is 11.8 Å². The van der Waals surface area contributed by atoms with E-state index < -0.39 is 5.54 Å². The van der Waals surface area contributed by atoms with Gasteiger partial charge in [0.2, 0.25) is 5.91 Å². The normalized spacial score (nSPS) is 15.0. The number of nitrogens with one attached hydrogen (secondary N) is 2. The van der Waals surface area contributed by atoms with Crippen molar-refractivity contribution in [3.8, 4) is 5.75 Å². The quantitative estimate of drug-likeness (QED) is 0.549. The Kier molecular flexibility index (Phi) is 5.66. The summed E-state index contributed by atoms with van der Waals surface area (Å²) in [4.78, 5) is 32.7. The summed E-state index contributed by atoms with van der Waals surface area (Å²) in [6.45, 7) is 2.42. The van der Waals surface area contributed by atoms with Gasteiger partial charge in [0, 0.05) is 30.4 Å². The standard InChI is InChI=1S/C24H24N4O3/c1-16(20-4-2-3-5-21(20)29)18-8-6-17(7-9-18)12-27-23(31)24(10-11-24)28-22(30)19-13-25-15-26-14-19/h2-9,13-16,29H,10-12H2,1H3,(H,27,31)(H,28,30). The fourth-order valence-electron chi connectivity index (χ4n) is 3.55. The number of phenols is 1. The Morgan fingerprint density at radius 3 is 2.39 bits per heavy atom. The van der Waals surface area contributed by atoms with Crippen LogP contribution in [0, 0.1) is 0 Å². The second kappa shape index (κ2) is 8.55. The second-order valence-electron chi connectivity index (χ2n) is 7.87. The number of phenolic OH excluding ortho intramolecular Hbond substituents is 1. The molecular weight excluding hydrogens is 392 g/mol. The van der Waals surface area contributed by atoms with Gasteiger partial charge < -0.3 is 15.7 Å². The topological polar surface area (TPSA) is 104 Å². The predicted octanol–water partition coefficient (Wildman–Crippen LogP) is 2.91. The molecule has 1 saturated carbocycles. The van der Waals surface area contributed by atoms with E-state index in [0.717, 1.165) is 16.7 Å². The van der Waals surface area contributed by atoms with Gasteiger partial charge in [-0.3, -0.25) is 9.59 Å². The zero-order valence-electron chi connectivity index (χ0n) is 17.2. The molecule has 4 rings (SSSR count). The SMILES string of the molecule is CC(c1ccc(CNC(=O)C2(NC(=O)c3cncnc3)CC2)cc1)c1ccccc1O. The summed E-state index contributed by atoms with van der Waals surface area (Å²) in [5.74, 6) is -0.206. The lowest BCUT2D eigenvalue weighted by atomic mass is 9.92. The molecule has 31 heavy (non-hydrogen) atoms. The van der Waals surface area contributed by atoms with Gasteiger partial charge in [-0.05, 0) is 30.0 Å². The molecule has 3 N–H and O–H groups in total. The number of aromatic hydroxyl groups is 1. The van der Waals surface area contributed by atoms with E-state index in [-0.39, 0.29) is 23.5 Å². The third-order valence-corrected chi connectivity index (χ3v) is 5.70. The fourth-order valence-corrected chi connectivity index (χ4v) is 3.55. The van der Waals surface area contributed by atoms with Crippen LogP contribution in [0.1, 0.15) is 52.7 Å². The molecule has 0 spiro atoms. The Balaban J connectivity index is 1.34. The molecule has 3 aromatic rings. The molecule has 1 aliphatic rings. The first kappa shape index (κ1) is 20.5. The number of carbonyl (C=O) groups is 2. The second-order valence-corrected chi connectivity index (χ2v) is 7.87. The minimum Gasteiger partial charge on any atom is -0.508 e. The molecule has 0 saturated heterocycles. The first-order valence-electron chi connectivity index (χ1n) is 10.2. The highest BCUT2D eigenvalue weighted by Gasteiger charge is 2.51. The van der Waals surface area contributed by atoms with E-state index in [1.165, 1.54) is 18.7 Å². The van der Waals surface area contributed by atoms with Crippen LogP contribution in [-0.2, 0) is 11.3 Å². The largest absolute Gasteiger partial charge is 0.508 e. The Bertz CT molecular complexity index is 1080. The smallest absolute Gasteiger partial charge is 0.255 e. The lowest BCUT2D eigenvalue weighted by Gasteiger charge is -2.18. The average Bonchev–Trinajstić information content (AvgIpc) is 3.59. The summed E-state index contributed by atoms with van der Waals surface area (Å²) in [6.07, 6.45) is 5.41. The molecule has 0 radical (unpaired) electrons. The van der Waals surface area contributed by atoms with Crippen LogP contribution >= 0.6 is 0 Å². The van der Waals surface area contributed by atoms with Crippen LogP contribution in [0.3, 0.4) is 0 Å². The van der Waals surface area contributed by atoms with Crippen LogP contribution in [-0.4, -0.2) is 32.4 Å². The van der Waals surface area contributed by atoms with E-state index >= 15 is 0 Å². The molecule has 2 amide bonds. The number of amides is 2. The van der Waals surface area contributed by atoms with Crippen molar-refractivity contribution < 1.29 is 14.7 Å². The van der Waals surface area contributed by atoms with Crippen molar-refractivity contribution in [2.24, 2.45) is 0 Å². The van der Waals surface area contributed by atoms with Gasteiger partial charge in [-0.1, -0.05) is 49.4 Å². The van der Waals surface area contributed by atoms with Gasteiger partial charge >= 0.3 is 0 Å². The molecule has 2 aromatic carbocycles. The van der Waals surface area contributed by atoms with E-state index in [1.807, 2.05) is 43.3 Å². The number of benzene rings is 2. The van der Waals surface area contributed by atoms with Crippen LogP contribution in [0.5, 0.6) is 5.75 Å². The molecule has 1 atom stereocenters. The van der Waals surface area contributed by atoms with Crippen LogP contribution in [0.4, 0.5) is 0 Å². The lowest BCUT2D eigenvalue weighted by Crippen LogP contribution is -2.48. The molecule has 0 aliphatic heterocycles. The average molecular weight is 416 g/mol. The van der Waals surface area contributed by atoms with Crippen molar-refractivity contribution in [2.45, 2.75) is 37.8 Å². The van der Waals surface area contributed by atoms with Gasteiger partial charge in [-0.15, -0.1) is 0 Å². The minimum atomic E-state index is -0.855. The number of rotatable bonds is 7. The fraction of sp³-hybridized carbons (Fsp3) is 0.250. The van der Waals surface area contributed by atoms with Crippen LogP contribution in [0.2, 0.25) is 0 Å². The van der Waals surface area contributed by atoms with Gasteiger partial charge in [-0.2, -0.15) is 0 Å². The maximum Gasteiger partial charge on any atom is 0.255 e. The number of para-hydroxylation sites is 1. The molecule has 1 unspecified atom stereocenters. The van der Waals surface area contributed by atoms with Gasteiger partial charge in [0.25, 0.3) is 5.91 Å². The van der Waals surface area contributed by atoms with Crippen LogP contribution < -0.4 is 10.6 Å². The summed E-state index contributed by atoms with van der Waals surface area (Å²) in [5.41, 5.74) is 2.38. The molecule has 1 aliphatic carbocycles. The third kappa shape index (κ3) is 4.55. The number of carbonyl (C=O) groups excluding carboxylic acids is 2. The number of nitrogens with zero attached hydrogens (tertiary/aromatic N) is 2. The summed E-state index contributed by atoms with van der Waals surface area (Å²) in [7, 11) is 0. The summed E-state index contributed by atoms with van der Waals surface area (Å²) < 4.78 is 0. The lowest BCUT2D eigenvalue weighted by molar-refractivity contribution is -0.124. The van der Waals surface area contributed by atoms with Crippen molar-refractivity contribution in [1.82, 2.24) is 20.6 Å². The molecule has 1 fully saturated rings. The summed E-state index contributed by atoms with van der Waals surface area (Å²) in [5, 5.41) is 15.8. The molecule has 158 valence electrons. The van der Waals surface area contributed by atoms with Gasteiger partial charge in [0.15, 0.2) is 0 Å². The van der Waals surface area contributed by atoms with E-state index in [4.69, 9.17) is 0 Å². The number of aromatic nitrogens is 2. The van der Waals surface area contributed by atoms with Gasteiger partial charge in [0.1, 0.15) is 17.6 Å². The highest BCUT2D eigenvalue weighted by molar-refractivity contribution is 6.00. The molecule has 1 heterocycles. The highest BCUT2D eigenvalue weighted by atomic mass is 16.3. The molecule has 0 bridgehead atoms. The van der Waals surface area contributed by atoms with E-state index in [2.05, 4.69) is 20.6 Å². The van der Waals surface area contributed by atoms with Crippen molar-refractivity contribution in [2.75, 3.05) is 0 Å². The van der Waals surface area contributed by atoms with Crippen molar-refractivity contribution in [3.63, 3.8) is 0 Å². The minimum absolute atomic E-state index is 0.0525. The highest BCUT2D eigenvalue weighted by Crippen LogP contribution is 2.36. The maximum absolute atomic E-state index is 12.7. The molecule has 1 aromatic heterocycles. The first-order valence-corrected chi connectivity index (χ1v) is 10.2. The summed E-state index contributed by atoms with van der Waals surface area (Å²) in [6, 6.07) is 15.3. The van der Waals surface area contributed by atoms with Crippen LogP contribution in [0.15, 0.2) is 67.3 Å². The van der Waals surface area contributed by atoms with Crippen molar-refractivity contribution in [1.29, 1.82) is 0 Å². The van der Waals surface area contributed by atoms with Gasteiger partial charge in [0.05, 0.1) is 5.56 Å². The molecule has 7 heteroatoms. The monoisotopic (exact) mass is 416 g/mol. The van der Waals surface area contributed by atoms with Gasteiger partial charge in [-0.25, -0.2) is 9.97 Å². The Morgan fingerprint density at radius 1 is 1.06 bits per heavy atom. The van der Waals surface area contributed by atoms with E-state index in [0.29, 0.717) is 24.9 Å². The first-order chi connectivity index (χ1) is 15.0. The van der Waals surface area contributed by atoms with E-state index in [9.17, 15) is 14.7 Å². The Labute approximate surface area is 180 Å². The Morgan fingerprint density at radius 2 is 1.74 bits per heavy atom. The van der Waals surface area contributed by atoms with Crippen molar-refractivity contribution in [3.05, 3.63) is 89.5 Å². The predicted molar refractivity (Wildman–Crippen MR) is 115 cm³/mol. The number of hydrogen-bond acceptors (Lipinski definition) is 5. The maximum atomic E-state index is 12.7. The molecule has 7 nitrogen and oxygen atoms in total. The Hall–Kier alpha value is -3.74. The zero-order valence-corrected chi connectivity index (χ0v) is 17.2. The van der Waals surface area contributed by atoms with E-state index in [1.54, 1.807) is 12.1 Å². The summed E-state index contributed by atoms with van der Waals surface area (Å²) >= 11 is 0. The zero-order chi connectivity index (χ0) is 21.8. The molecular formula is C24H24N4O3.